The summed E-state index contributed by atoms with van der Waals surface area (Å²) in [6.07, 6.45) is 3.72. The summed E-state index contributed by atoms with van der Waals surface area (Å²) in [4.78, 5) is 25.5. The molecule has 1 saturated heterocycles. The van der Waals surface area contributed by atoms with Crippen LogP contribution in [0, 0.1) is 5.92 Å². The van der Waals surface area contributed by atoms with Gasteiger partial charge in [-0.2, -0.15) is 0 Å². The predicted molar refractivity (Wildman–Crippen MR) is 84.4 cm³/mol. The van der Waals surface area contributed by atoms with Crippen LogP contribution in [0.4, 0.5) is 0 Å². The van der Waals surface area contributed by atoms with E-state index < -0.39 is 5.97 Å². The highest BCUT2D eigenvalue weighted by Crippen LogP contribution is 2.15. The first-order valence-electron chi connectivity index (χ1n) is 7.18. The maximum Gasteiger partial charge on any atom is 0.335 e. The maximum absolute atomic E-state index is 12.3. The van der Waals surface area contributed by atoms with Crippen molar-refractivity contribution in [2.45, 2.75) is 26.2 Å². The van der Waals surface area contributed by atoms with Gasteiger partial charge in [0.05, 0.1) is 5.56 Å². The number of benzene rings is 1. The Hall–Kier alpha value is -1.39. The predicted octanol–water partition coefficient (Wildman–Crippen LogP) is 3.11. The molecular formula is C16H22ClNO3. The van der Waals surface area contributed by atoms with Crippen molar-refractivity contribution in [3.05, 3.63) is 35.4 Å². The van der Waals surface area contributed by atoms with Crippen LogP contribution in [0.15, 0.2) is 24.3 Å². The minimum atomic E-state index is -0.967. The molecule has 1 aliphatic heterocycles. The van der Waals surface area contributed by atoms with E-state index in [1.807, 2.05) is 6.92 Å². The second-order valence-electron chi connectivity index (χ2n) is 5.51. The van der Waals surface area contributed by atoms with Crippen molar-refractivity contribution in [2.24, 2.45) is 5.92 Å². The van der Waals surface area contributed by atoms with Crippen LogP contribution in [0.5, 0.6) is 0 Å². The molecule has 1 aromatic rings. The average Bonchev–Trinajstić information content (AvgIpc) is 2.47. The van der Waals surface area contributed by atoms with E-state index in [-0.39, 0.29) is 29.7 Å². The van der Waals surface area contributed by atoms with Crippen LogP contribution in [-0.4, -0.2) is 41.4 Å². The van der Waals surface area contributed by atoms with Gasteiger partial charge in [0.25, 0.3) is 0 Å². The lowest BCUT2D eigenvalue weighted by atomic mass is 9.97. The molecule has 0 bridgehead atoms. The number of ketones is 1. The fourth-order valence-corrected chi connectivity index (χ4v) is 2.67. The second-order valence-corrected chi connectivity index (χ2v) is 5.51. The van der Waals surface area contributed by atoms with E-state index in [0.29, 0.717) is 5.56 Å². The van der Waals surface area contributed by atoms with Crippen LogP contribution in [0.2, 0.25) is 0 Å². The lowest BCUT2D eigenvalue weighted by Crippen LogP contribution is -2.35. The van der Waals surface area contributed by atoms with Crippen LogP contribution in [0.3, 0.4) is 0 Å². The SMILES string of the molecule is CC(CN1CCCCC1)C(=O)c1ccc(C(=O)O)cc1.Cl. The van der Waals surface area contributed by atoms with Crippen molar-refractivity contribution in [3.8, 4) is 0 Å². The molecule has 1 unspecified atom stereocenters. The zero-order valence-electron chi connectivity index (χ0n) is 12.2. The number of carboxylic acid groups (broad SMARTS) is 1. The first-order chi connectivity index (χ1) is 9.58. The molecule has 5 heteroatoms. The van der Waals surface area contributed by atoms with E-state index >= 15 is 0 Å². The third-order valence-electron chi connectivity index (χ3n) is 3.84. The van der Waals surface area contributed by atoms with Crippen molar-refractivity contribution in [2.75, 3.05) is 19.6 Å². The minimum absolute atomic E-state index is 0. The third-order valence-corrected chi connectivity index (χ3v) is 3.84. The molecule has 2 rings (SSSR count). The number of aromatic carboxylic acids is 1. The first-order valence-corrected chi connectivity index (χ1v) is 7.18. The molecule has 21 heavy (non-hydrogen) atoms. The Balaban J connectivity index is 0.00000220. The topological polar surface area (TPSA) is 57.6 Å². The van der Waals surface area contributed by atoms with Gasteiger partial charge in [0.15, 0.2) is 5.78 Å². The molecule has 1 fully saturated rings. The van der Waals surface area contributed by atoms with Gasteiger partial charge in [0, 0.05) is 18.0 Å². The molecule has 1 N–H and O–H groups in total. The summed E-state index contributed by atoms with van der Waals surface area (Å²) >= 11 is 0. The second kappa shape index (κ2) is 8.15. The molecule has 4 nitrogen and oxygen atoms in total. The Morgan fingerprint density at radius 3 is 2.14 bits per heavy atom. The number of rotatable bonds is 5. The molecule has 0 spiro atoms. The Bertz CT molecular complexity index is 481. The maximum atomic E-state index is 12.3. The van der Waals surface area contributed by atoms with Gasteiger partial charge in [-0.25, -0.2) is 4.79 Å². The molecule has 1 heterocycles. The van der Waals surface area contributed by atoms with Gasteiger partial charge in [0.1, 0.15) is 0 Å². The summed E-state index contributed by atoms with van der Waals surface area (Å²) in [5.41, 5.74) is 0.810. The summed E-state index contributed by atoms with van der Waals surface area (Å²) in [6.45, 7) is 4.90. The van der Waals surface area contributed by atoms with Crippen molar-refractivity contribution in [1.82, 2.24) is 4.90 Å². The third kappa shape index (κ3) is 4.83. The molecule has 1 aromatic carbocycles. The van der Waals surface area contributed by atoms with Crippen molar-refractivity contribution in [3.63, 3.8) is 0 Å². The quantitative estimate of drug-likeness (QED) is 0.849. The molecule has 0 radical (unpaired) electrons. The number of halogens is 1. The normalized spacial score (nSPS) is 16.8. The lowest BCUT2D eigenvalue weighted by Gasteiger charge is -2.28. The average molecular weight is 312 g/mol. The van der Waals surface area contributed by atoms with E-state index in [9.17, 15) is 9.59 Å². The van der Waals surface area contributed by atoms with E-state index in [2.05, 4.69) is 4.90 Å². The number of carboxylic acids is 1. The molecule has 1 aliphatic rings. The van der Waals surface area contributed by atoms with Crippen LogP contribution >= 0.6 is 12.4 Å². The number of piperidine rings is 1. The zero-order chi connectivity index (χ0) is 14.5. The number of carbonyl (C=O) groups is 2. The van der Waals surface area contributed by atoms with Crippen LogP contribution in [-0.2, 0) is 0 Å². The van der Waals surface area contributed by atoms with Crippen LogP contribution < -0.4 is 0 Å². The number of hydrogen-bond acceptors (Lipinski definition) is 3. The lowest BCUT2D eigenvalue weighted by molar-refractivity contribution is 0.0696. The number of Topliss-reactive ketones (excluding diaryl/α,β-unsaturated/α-hetero) is 1. The van der Waals surface area contributed by atoms with E-state index in [1.54, 1.807) is 12.1 Å². The van der Waals surface area contributed by atoms with Gasteiger partial charge in [-0.1, -0.05) is 25.5 Å². The van der Waals surface area contributed by atoms with E-state index in [1.165, 1.54) is 31.4 Å². The van der Waals surface area contributed by atoms with Gasteiger partial charge >= 0.3 is 5.97 Å². The molecular weight excluding hydrogens is 290 g/mol. The number of hydrogen-bond donors (Lipinski definition) is 1. The molecule has 1 atom stereocenters. The van der Waals surface area contributed by atoms with Gasteiger partial charge in [0.2, 0.25) is 0 Å². The summed E-state index contributed by atoms with van der Waals surface area (Å²) in [5.74, 6) is -0.929. The molecule has 0 aliphatic carbocycles. The summed E-state index contributed by atoms with van der Waals surface area (Å²) < 4.78 is 0. The smallest absolute Gasteiger partial charge is 0.335 e. The Morgan fingerprint density at radius 2 is 1.62 bits per heavy atom. The summed E-state index contributed by atoms with van der Waals surface area (Å²) in [7, 11) is 0. The molecule has 0 saturated carbocycles. The highest BCUT2D eigenvalue weighted by atomic mass is 35.5. The largest absolute Gasteiger partial charge is 0.478 e. The number of likely N-dealkylation sites (tertiary alicyclic amines) is 1. The van der Waals surface area contributed by atoms with Gasteiger partial charge in [-0.3, -0.25) is 4.79 Å². The van der Waals surface area contributed by atoms with Crippen LogP contribution in [0.1, 0.15) is 46.9 Å². The van der Waals surface area contributed by atoms with Crippen LogP contribution in [0.25, 0.3) is 0 Å². The molecule has 0 amide bonds. The van der Waals surface area contributed by atoms with Gasteiger partial charge in [-0.15, -0.1) is 12.4 Å². The van der Waals surface area contributed by atoms with Gasteiger partial charge in [-0.05, 0) is 38.1 Å². The monoisotopic (exact) mass is 311 g/mol. The highest BCUT2D eigenvalue weighted by Gasteiger charge is 2.20. The molecule has 116 valence electrons. The summed E-state index contributed by atoms with van der Waals surface area (Å²) in [5, 5.41) is 8.85. The minimum Gasteiger partial charge on any atom is -0.478 e. The van der Waals surface area contributed by atoms with Gasteiger partial charge < -0.3 is 10.0 Å². The zero-order valence-corrected chi connectivity index (χ0v) is 13.1. The fourth-order valence-electron chi connectivity index (χ4n) is 2.67. The first kappa shape index (κ1) is 17.7. The van der Waals surface area contributed by atoms with Crippen molar-refractivity contribution in [1.29, 1.82) is 0 Å². The Morgan fingerprint density at radius 1 is 1.10 bits per heavy atom. The van der Waals surface area contributed by atoms with Crippen molar-refractivity contribution >= 4 is 24.2 Å². The fraction of sp³-hybridized carbons (Fsp3) is 0.500. The number of nitrogens with zero attached hydrogens (tertiary/aromatic N) is 1. The number of carbonyl (C=O) groups excluding carboxylic acids is 1. The Labute approximate surface area is 131 Å². The van der Waals surface area contributed by atoms with E-state index in [0.717, 1.165) is 19.6 Å². The summed E-state index contributed by atoms with van der Waals surface area (Å²) in [6, 6.07) is 6.20. The Kier molecular flexibility index (Phi) is 6.85. The highest BCUT2D eigenvalue weighted by molar-refractivity contribution is 5.98. The van der Waals surface area contributed by atoms with Crippen molar-refractivity contribution < 1.29 is 14.7 Å². The standard InChI is InChI=1S/C16H21NO3.ClH/c1-12(11-17-9-3-2-4-10-17)15(18)13-5-7-14(8-6-13)16(19)20;/h5-8,12H,2-4,9-11H2,1H3,(H,19,20);1H. The van der Waals surface area contributed by atoms with E-state index in [4.69, 9.17) is 5.11 Å². The molecule has 0 aromatic heterocycles.